The molecule has 0 atom stereocenters. The van der Waals surface area contributed by atoms with E-state index >= 15 is 0 Å². The number of nitrogens with zero attached hydrogens (tertiary/aromatic N) is 1. The minimum atomic E-state index is -0.172. The van der Waals surface area contributed by atoms with Crippen LogP contribution in [0.4, 0.5) is 0 Å². The number of furan rings is 1. The molecule has 0 saturated heterocycles. The van der Waals surface area contributed by atoms with Crippen LogP contribution in [0.1, 0.15) is 41.1 Å². The molecular weight excluding hydrogens is 276 g/mol. The molecule has 1 N–H and O–H groups in total. The summed E-state index contributed by atoms with van der Waals surface area (Å²) in [7, 11) is 0. The Hall–Kier alpha value is -2.07. The van der Waals surface area contributed by atoms with Crippen molar-refractivity contribution >= 4 is 5.91 Å². The molecule has 0 unspecified atom stereocenters. The smallest absolute Gasteiger partial charge is 0.287 e. The maximum Gasteiger partial charge on any atom is 0.287 e. The summed E-state index contributed by atoms with van der Waals surface area (Å²) >= 11 is 0. The van der Waals surface area contributed by atoms with E-state index in [0.29, 0.717) is 12.3 Å². The Balaban J connectivity index is 1.89. The molecule has 22 heavy (non-hydrogen) atoms. The highest BCUT2D eigenvalue weighted by Gasteiger charge is 2.11. The molecular formula is C18H24N2O2. The zero-order chi connectivity index (χ0) is 15.9. The van der Waals surface area contributed by atoms with Crippen LogP contribution in [0.15, 0.2) is 41.0 Å². The first-order valence-electron chi connectivity index (χ1n) is 7.76. The molecule has 2 aromatic rings. The van der Waals surface area contributed by atoms with Crippen molar-refractivity contribution in [1.82, 2.24) is 10.2 Å². The number of carbonyl (C=O) groups is 1. The molecule has 1 aromatic heterocycles. The average molecular weight is 300 g/mol. The number of benzene rings is 1. The van der Waals surface area contributed by atoms with Crippen molar-refractivity contribution < 1.29 is 9.21 Å². The van der Waals surface area contributed by atoms with E-state index in [1.807, 2.05) is 6.92 Å². The predicted molar refractivity (Wildman–Crippen MR) is 87.7 cm³/mol. The quantitative estimate of drug-likeness (QED) is 0.853. The van der Waals surface area contributed by atoms with Gasteiger partial charge in [-0.05, 0) is 37.2 Å². The molecule has 1 amide bonds. The zero-order valence-corrected chi connectivity index (χ0v) is 13.6. The zero-order valence-electron chi connectivity index (χ0n) is 13.6. The van der Waals surface area contributed by atoms with Gasteiger partial charge < -0.3 is 9.73 Å². The van der Waals surface area contributed by atoms with Gasteiger partial charge in [0.05, 0.1) is 6.26 Å². The standard InChI is InChI=1S/C18H24N2O2/c1-4-20(5-2)13-16-8-6-15(7-9-16)12-19-18(21)17-14(3)10-11-22-17/h6-11H,4-5,12-13H2,1-3H3,(H,19,21). The van der Waals surface area contributed by atoms with Gasteiger partial charge in [0.2, 0.25) is 0 Å². The van der Waals surface area contributed by atoms with E-state index in [1.165, 1.54) is 11.8 Å². The molecule has 1 heterocycles. The molecule has 0 aliphatic rings. The molecule has 4 heteroatoms. The van der Waals surface area contributed by atoms with Crippen molar-refractivity contribution in [2.45, 2.75) is 33.9 Å². The van der Waals surface area contributed by atoms with E-state index in [1.54, 1.807) is 6.07 Å². The van der Waals surface area contributed by atoms with Gasteiger partial charge in [-0.3, -0.25) is 9.69 Å². The summed E-state index contributed by atoms with van der Waals surface area (Å²) in [5.41, 5.74) is 3.23. The molecule has 1 aromatic carbocycles. The van der Waals surface area contributed by atoms with E-state index in [2.05, 4.69) is 48.3 Å². The van der Waals surface area contributed by atoms with Gasteiger partial charge in [-0.25, -0.2) is 0 Å². The van der Waals surface area contributed by atoms with Gasteiger partial charge >= 0.3 is 0 Å². The van der Waals surface area contributed by atoms with E-state index < -0.39 is 0 Å². The minimum absolute atomic E-state index is 0.172. The van der Waals surface area contributed by atoms with Gasteiger partial charge in [-0.2, -0.15) is 0 Å². The number of hydrogen-bond acceptors (Lipinski definition) is 3. The summed E-state index contributed by atoms with van der Waals surface area (Å²) in [6, 6.07) is 10.2. The summed E-state index contributed by atoms with van der Waals surface area (Å²) < 4.78 is 5.18. The molecule has 0 radical (unpaired) electrons. The van der Waals surface area contributed by atoms with Crippen LogP contribution in [0, 0.1) is 6.92 Å². The summed E-state index contributed by atoms with van der Waals surface area (Å²) in [5.74, 6) is 0.216. The predicted octanol–water partition coefficient (Wildman–Crippen LogP) is 3.36. The molecule has 0 aliphatic heterocycles. The number of aryl methyl sites for hydroxylation is 1. The summed E-state index contributed by atoms with van der Waals surface area (Å²) in [6.07, 6.45) is 1.53. The fraction of sp³-hybridized carbons (Fsp3) is 0.389. The van der Waals surface area contributed by atoms with Crippen LogP contribution in [-0.2, 0) is 13.1 Å². The van der Waals surface area contributed by atoms with E-state index in [9.17, 15) is 4.79 Å². The monoisotopic (exact) mass is 300 g/mol. The topological polar surface area (TPSA) is 45.5 Å². The molecule has 0 bridgehead atoms. The van der Waals surface area contributed by atoms with Crippen LogP contribution in [0.25, 0.3) is 0 Å². The highest BCUT2D eigenvalue weighted by Crippen LogP contribution is 2.10. The number of nitrogens with one attached hydrogen (secondary N) is 1. The van der Waals surface area contributed by atoms with Crippen molar-refractivity contribution in [3.05, 3.63) is 59.0 Å². The van der Waals surface area contributed by atoms with Crippen LogP contribution in [0.3, 0.4) is 0 Å². The average Bonchev–Trinajstić information content (AvgIpc) is 2.97. The molecule has 0 spiro atoms. The molecule has 118 valence electrons. The number of amides is 1. The summed E-state index contributed by atoms with van der Waals surface area (Å²) in [4.78, 5) is 14.4. The van der Waals surface area contributed by atoms with Crippen LogP contribution in [0.5, 0.6) is 0 Å². The summed E-state index contributed by atoms with van der Waals surface area (Å²) in [5, 5.41) is 2.88. The lowest BCUT2D eigenvalue weighted by Gasteiger charge is -2.18. The van der Waals surface area contributed by atoms with E-state index in [0.717, 1.165) is 30.8 Å². The van der Waals surface area contributed by atoms with Crippen LogP contribution < -0.4 is 5.32 Å². The summed E-state index contributed by atoms with van der Waals surface area (Å²) in [6.45, 7) is 9.78. The number of hydrogen-bond donors (Lipinski definition) is 1. The first kappa shape index (κ1) is 16.3. The van der Waals surface area contributed by atoms with Gasteiger partial charge in [0.1, 0.15) is 0 Å². The van der Waals surface area contributed by atoms with Crippen molar-refractivity contribution in [3.63, 3.8) is 0 Å². The maximum atomic E-state index is 12.0. The van der Waals surface area contributed by atoms with Crippen molar-refractivity contribution in [2.24, 2.45) is 0 Å². The second-order valence-electron chi connectivity index (χ2n) is 5.39. The Bertz CT molecular complexity index is 598. The van der Waals surface area contributed by atoms with Crippen LogP contribution in [-0.4, -0.2) is 23.9 Å². The van der Waals surface area contributed by atoms with E-state index in [4.69, 9.17) is 4.42 Å². The molecule has 2 rings (SSSR count). The SMILES string of the molecule is CCN(CC)Cc1ccc(CNC(=O)c2occc2C)cc1. The highest BCUT2D eigenvalue weighted by atomic mass is 16.3. The Labute approximate surface area is 132 Å². The molecule has 0 fully saturated rings. The second kappa shape index (κ2) is 7.80. The van der Waals surface area contributed by atoms with Gasteiger partial charge in [0.25, 0.3) is 5.91 Å². The Morgan fingerprint density at radius 1 is 1.09 bits per heavy atom. The van der Waals surface area contributed by atoms with Gasteiger partial charge in [-0.15, -0.1) is 0 Å². The van der Waals surface area contributed by atoms with E-state index in [-0.39, 0.29) is 5.91 Å². The lowest BCUT2D eigenvalue weighted by Crippen LogP contribution is -2.23. The molecule has 0 saturated carbocycles. The van der Waals surface area contributed by atoms with Gasteiger partial charge in [0, 0.05) is 18.7 Å². The van der Waals surface area contributed by atoms with Crippen LogP contribution >= 0.6 is 0 Å². The van der Waals surface area contributed by atoms with Crippen molar-refractivity contribution in [2.75, 3.05) is 13.1 Å². The first-order chi connectivity index (χ1) is 10.6. The number of rotatable bonds is 7. The van der Waals surface area contributed by atoms with Crippen molar-refractivity contribution in [3.8, 4) is 0 Å². The van der Waals surface area contributed by atoms with Gasteiger partial charge in [-0.1, -0.05) is 38.1 Å². The highest BCUT2D eigenvalue weighted by molar-refractivity contribution is 5.92. The van der Waals surface area contributed by atoms with Crippen LogP contribution in [0.2, 0.25) is 0 Å². The minimum Gasteiger partial charge on any atom is -0.459 e. The molecule has 0 aliphatic carbocycles. The maximum absolute atomic E-state index is 12.0. The first-order valence-corrected chi connectivity index (χ1v) is 7.76. The fourth-order valence-corrected chi connectivity index (χ4v) is 2.34. The third-order valence-electron chi connectivity index (χ3n) is 3.84. The lowest BCUT2D eigenvalue weighted by atomic mass is 10.1. The second-order valence-corrected chi connectivity index (χ2v) is 5.39. The Morgan fingerprint density at radius 2 is 1.73 bits per heavy atom. The normalized spacial score (nSPS) is 10.9. The molecule has 4 nitrogen and oxygen atoms in total. The Morgan fingerprint density at radius 3 is 2.27 bits per heavy atom. The fourth-order valence-electron chi connectivity index (χ4n) is 2.34. The lowest BCUT2D eigenvalue weighted by molar-refractivity contribution is 0.0922. The third-order valence-corrected chi connectivity index (χ3v) is 3.84. The largest absolute Gasteiger partial charge is 0.459 e. The third kappa shape index (κ3) is 4.21. The number of carbonyl (C=O) groups excluding carboxylic acids is 1. The Kier molecular flexibility index (Phi) is 5.78. The van der Waals surface area contributed by atoms with Gasteiger partial charge in [0.15, 0.2) is 5.76 Å². The van der Waals surface area contributed by atoms with Crippen molar-refractivity contribution in [1.29, 1.82) is 0 Å².